The van der Waals surface area contributed by atoms with Gasteiger partial charge in [0.25, 0.3) is 0 Å². The van der Waals surface area contributed by atoms with Gasteiger partial charge in [0.15, 0.2) is 11.5 Å². The zero-order valence-electron chi connectivity index (χ0n) is 24.0. The predicted octanol–water partition coefficient (Wildman–Crippen LogP) is 7.33. The number of carbonyl (C=O) groups is 2. The van der Waals surface area contributed by atoms with E-state index in [0.717, 1.165) is 6.42 Å². The Hall–Kier alpha value is -4.73. The van der Waals surface area contributed by atoms with Gasteiger partial charge in [-0.2, -0.15) is 5.10 Å². The number of esters is 1. The van der Waals surface area contributed by atoms with Gasteiger partial charge in [0.1, 0.15) is 17.2 Å². The van der Waals surface area contributed by atoms with Gasteiger partial charge >= 0.3 is 18.2 Å². The molecule has 0 unspecified atom stereocenters. The third-order valence-electron chi connectivity index (χ3n) is 5.75. The Morgan fingerprint density at radius 1 is 0.773 bits per heavy atom. The molecule has 4 rings (SSSR count). The van der Waals surface area contributed by atoms with Gasteiger partial charge in [-0.15, -0.1) is 0 Å². The summed E-state index contributed by atoms with van der Waals surface area (Å²) in [4.78, 5) is 25.8. The first kappa shape index (κ1) is 32.2. The van der Waals surface area contributed by atoms with E-state index in [-0.39, 0.29) is 5.75 Å². The predicted molar refractivity (Wildman–Crippen MR) is 168 cm³/mol. The highest BCUT2D eigenvalue weighted by Crippen LogP contribution is 2.29. The van der Waals surface area contributed by atoms with Crippen LogP contribution in [0.25, 0.3) is 0 Å². The van der Waals surface area contributed by atoms with Crippen LogP contribution in [0.3, 0.4) is 0 Å². The molecule has 0 atom stereocenters. The molecule has 0 spiro atoms. The fourth-order valence-electron chi connectivity index (χ4n) is 3.65. The number of ether oxygens (including phenoxy) is 5. The minimum atomic E-state index is -1.39. The Bertz CT molecular complexity index is 1510. The van der Waals surface area contributed by atoms with Crippen molar-refractivity contribution < 1.29 is 33.3 Å². The molecule has 1 amide bonds. The fraction of sp³-hybridized carbons (Fsp3) is 0.182. The van der Waals surface area contributed by atoms with Crippen LogP contribution in [0.5, 0.6) is 28.7 Å². The number of halogens is 2. The molecule has 0 aliphatic rings. The second kappa shape index (κ2) is 16.2. The summed E-state index contributed by atoms with van der Waals surface area (Å²) in [6, 6.07) is 24.5. The van der Waals surface area contributed by atoms with Crippen molar-refractivity contribution in [2.24, 2.45) is 5.10 Å². The first-order valence-electron chi connectivity index (χ1n) is 13.7. The lowest BCUT2D eigenvalue weighted by Crippen LogP contribution is -2.40. The summed E-state index contributed by atoms with van der Waals surface area (Å²) in [5.74, 6) is 0.737. The second-order valence-corrected chi connectivity index (χ2v) is 9.98. The number of nitrogens with one attached hydrogen (secondary N) is 1. The van der Waals surface area contributed by atoms with Gasteiger partial charge in [0.05, 0.1) is 25.0 Å². The summed E-state index contributed by atoms with van der Waals surface area (Å²) < 4.78 is 28.4. The first-order chi connectivity index (χ1) is 21.3. The Morgan fingerprint density at radius 2 is 1.36 bits per heavy atom. The quantitative estimate of drug-likeness (QED) is 0.0508. The molecule has 1 N–H and O–H groups in total. The molecule has 4 aromatic rings. The lowest BCUT2D eigenvalue weighted by atomic mass is 10.2. The Kier molecular flexibility index (Phi) is 11.9. The van der Waals surface area contributed by atoms with E-state index in [4.69, 9.17) is 46.9 Å². The maximum Gasteiger partial charge on any atom is 0.343 e. The van der Waals surface area contributed by atoms with E-state index in [1.54, 1.807) is 91.0 Å². The summed E-state index contributed by atoms with van der Waals surface area (Å²) in [5.41, 5.74) is 3.35. The standard InChI is InChI=1S/C33H30Cl2N2O7/c1-3-19-41-26-12-6-23(7-13-26)32(39)44-29-18-5-22(20-30(29)40-4-2)21-36-37-31(38)33(42-27-14-8-24(34)9-15-27)43-28-16-10-25(35)11-17-28/h5-18,20-21,33H,3-4,19H2,1-2H3,(H,37,38). The second-order valence-electron chi connectivity index (χ2n) is 9.11. The number of benzene rings is 4. The SMILES string of the molecule is CCCOc1ccc(C(=O)Oc2ccc(C=NNC(=O)C(Oc3ccc(Cl)cc3)Oc3ccc(Cl)cc3)cc2OCC)cc1. The number of nitrogens with zero attached hydrogens (tertiary/aromatic N) is 1. The summed E-state index contributed by atoms with van der Waals surface area (Å²) in [6.45, 7) is 4.75. The van der Waals surface area contributed by atoms with Crippen molar-refractivity contribution in [2.75, 3.05) is 13.2 Å². The Labute approximate surface area is 265 Å². The van der Waals surface area contributed by atoms with Gasteiger partial charge in [0, 0.05) is 10.0 Å². The van der Waals surface area contributed by atoms with E-state index in [9.17, 15) is 9.59 Å². The van der Waals surface area contributed by atoms with Gasteiger partial charge in [-0.1, -0.05) is 30.1 Å². The molecule has 0 saturated carbocycles. The fourth-order valence-corrected chi connectivity index (χ4v) is 3.90. The van der Waals surface area contributed by atoms with E-state index in [1.807, 2.05) is 13.8 Å². The zero-order valence-corrected chi connectivity index (χ0v) is 25.5. The van der Waals surface area contributed by atoms with E-state index in [0.29, 0.717) is 57.4 Å². The van der Waals surface area contributed by atoms with Crippen molar-refractivity contribution in [3.63, 3.8) is 0 Å². The van der Waals surface area contributed by atoms with Crippen LogP contribution >= 0.6 is 23.2 Å². The summed E-state index contributed by atoms with van der Waals surface area (Å²) in [6.07, 6.45) is 0.903. The van der Waals surface area contributed by atoms with Gasteiger partial charge in [-0.3, -0.25) is 4.79 Å². The lowest BCUT2D eigenvalue weighted by molar-refractivity contribution is -0.140. The Balaban J connectivity index is 1.43. The van der Waals surface area contributed by atoms with E-state index >= 15 is 0 Å². The molecule has 0 fully saturated rings. The maximum atomic E-state index is 13.0. The van der Waals surface area contributed by atoms with Crippen molar-refractivity contribution in [3.05, 3.63) is 112 Å². The van der Waals surface area contributed by atoms with Crippen molar-refractivity contribution in [3.8, 4) is 28.7 Å². The highest BCUT2D eigenvalue weighted by Gasteiger charge is 2.23. The largest absolute Gasteiger partial charge is 0.494 e. The van der Waals surface area contributed by atoms with Gasteiger partial charge in [-0.25, -0.2) is 10.2 Å². The average Bonchev–Trinajstić information content (AvgIpc) is 3.03. The maximum absolute atomic E-state index is 13.0. The third kappa shape index (κ3) is 9.65. The molecule has 44 heavy (non-hydrogen) atoms. The van der Waals surface area contributed by atoms with Crippen LogP contribution in [0.15, 0.2) is 96.1 Å². The molecule has 0 radical (unpaired) electrons. The monoisotopic (exact) mass is 636 g/mol. The highest BCUT2D eigenvalue weighted by molar-refractivity contribution is 6.30. The highest BCUT2D eigenvalue weighted by atomic mass is 35.5. The number of carbonyl (C=O) groups excluding carboxylic acids is 2. The molecule has 9 nitrogen and oxygen atoms in total. The number of amides is 1. The Morgan fingerprint density at radius 3 is 1.93 bits per heavy atom. The topological polar surface area (TPSA) is 105 Å². The van der Waals surface area contributed by atoms with E-state index in [2.05, 4.69) is 10.5 Å². The molecule has 0 bridgehead atoms. The first-order valence-corrected chi connectivity index (χ1v) is 14.5. The summed E-state index contributed by atoms with van der Waals surface area (Å²) >= 11 is 11.9. The van der Waals surface area contributed by atoms with Crippen molar-refractivity contribution in [2.45, 2.75) is 26.6 Å². The molecule has 0 aromatic heterocycles. The van der Waals surface area contributed by atoms with Crippen molar-refractivity contribution in [1.29, 1.82) is 0 Å². The molecular weight excluding hydrogens is 607 g/mol. The number of rotatable bonds is 14. The van der Waals surface area contributed by atoms with Crippen LogP contribution in [0.2, 0.25) is 10.0 Å². The minimum Gasteiger partial charge on any atom is -0.494 e. The van der Waals surface area contributed by atoms with E-state index in [1.165, 1.54) is 6.21 Å². The van der Waals surface area contributed by atoms with Crippen LogP contribution in [-0.4, -0.2) is 37.6 Å². The summed E-state index contributed by atoms with van der Waals surface area (Å²) in [7, 11) is 0. The van der Waals surface area contributed by atoms with Crippen molar-refractivity contribution >= 4 is 41.3 Å². The molecule has 0 heterocycles. The average molecular weight is 638 g/mol. The zero-order chi connectivity index (χ0) is 31.3. The molecular formula is C33H30Cl2N2O7. The van der Waals surface area contributed by atoms with E-state index < -0.39 is 18.2 Å². The summed E-state index contributed by atoms with van der Waals surface area (Å²) in [5, 5.41) is 5.07. The van der Waals surface area contributed by atoms with Crippen LogP contribution in [-0.2, 0) is 4.79 Å². The lowest BCUT2D eigenvalue weighted by Gasteiger charge is -2.19. The molecule has 4 aromatic carbocycles. The number of hydrogen-bond acceptors (Lipinski definition) is 8. The molecule has 11 heteroatoms. The van der Waals surface area contributed by atoms with Crippen LogP contribution in [0.1, 0.15) is 36.2 Å². The minimum absolute atomic E-state index is 0.233. The molecule has 0 aliphatic carbocycles. The number of hydrogen-bond donors (Lipinski definition) is 1. The molecule has 228 valence electrons. The van der Waals surface area contributed by atoms with Crippen LogP contribution < -0.4 is 29.1 Å². The number of hydrazone groups is 1. The van der Waals surface area contributed by atoms with Gasteiger partial charge in [-0.05, 0) is 110 Å². The van der Waals surface area contributed by atoms with Crippen LogP contribution in [0.4, 0.5) is 0 Å². The third-order valence-corrected chi connectivity index (χ3v) is 6.25. The molecule has 0 aliphatic heterocycles. The van der Waals surface area contributed by atoms with Crippen LogP contribution in [0, 0.1) is 0 Å². The normalized spacial score (nSPS) is 10.8. The van der Waals surface area contributed by atoms with Crippen molar-refractivity contribution in [1.82, 2.24) is 5.43 Å². The van der Waals surface area contributed by atoms with Gasteiger partial charge < -0.3 is 23.7 Å². The smallest absolute Gasteiger partial charge is 0.343 e. The van der Waals surface area contributed by atoms with Gasteiger partial charge in [0.2, 0.25) is 0 Å². The molecule has 0 saturated heterocycles.